The Labute approximate surface area is 186 Å². The monoisotopic (exact) mass is 437 g/mol. The first-order chi connectivity index (χ1) is 15.4. The van der Waals surface area contributed by atoms with Crippen molar-refractivity contribution in [1.29, 1.82) is 0 Å². The summed E-state index contributed by atoms with van der Waals surface area (Å²) in [6, 6.07) is 14.2. The molecule has 0 fully saturated rings. The molecule has 0 aliphatic carbocycles. The molecule has 0 atom stereocenters. The summed E-state index contributed by atoms with van der Waals surface area (Å²) in [6.07, 6.45) is 0. The maximum absolute atomic E-state index is 12.2. The highest BCUT2D eigenvalue weighted by Gasteiger charge is 2.10. The van der Waals surface area contributed by atoms with Crippen LogP contribution in [0.1, 0.15) is 11.1 Å². The molecule has 8 heteroatoms. The van der Waals surface area contributed by atoms with Crippen molar-refractivity contribution >= 4 is 5.91 Å². The second-order valence-corrected chi connectivity index (χ2v) is 7.19. The summed E-state index contributed by atoms with van der Waals surface area (Å²) in [5, 5.41) is 7.17. The number of hydrogen-bond acceptors (Lipinski definition) is 6. The van der Waals surface area contributed by atoms with Gasteiger partial charge in [0, 0.05) is 18.2 Å². The van der Waals surface area contributed by atoms with E-state index >= 15 is 0 Å². The highest BCUT2D eigenvalue weighted by atomic mass is 16.5. The third kappa shape index (κ3) is 5.46. The van der Waals surface area contributed by atoms with Crippen LogP contribution in [0.4, 0.5) is 0 Å². The van der Waals surface area contributed by atoms with Crippen LogP contribution in [0.3, 0.4) is 0 Å². The molecule has 1 heterocycles. The Kier molecular flexibility index (Phi) is 7.49. The second kappa shape index (κ2) is 10.5. The van der Waals surface area contributed by atoms with Gasteiger partial charge in [0.05, 0.1) is 26.5 Å². The van der Waals surface area contributed by atoms with Gasteiger partial charge in [-0.05, 0) is 55.3 Å². The first-order valence-corrected chi connectivity index (χ1v) is 10.2. The average Bonchev–Trinajstić information content (AvgIpc) is 2.80. The lowest BCUT2D eigenvalue weighted by Crippen LogP contribution is -2.34. The van der Waals surface area contributed by atoms with Crippen LogP contribution in [0.2, 0.25) is 0 Å². The minimum absolute atomic E-state index is 0.0989. The molecule has 0 bridgehead atoms. The number of rotatable bonds is 9. The average molecular weight is 437 g/mol. The van der Waals surface area contributed by atoms with E-state index in [0.717, 1.165) is 16.7 Å². The summed E-state index contributed by atoms with van der Waals surface area (Å²) in [7, 11) is 3.12. The molecule has 0 saturated heterocycles. The molecule has 8 nitrogen and oxygen atoms in total. The maximum Gasteiger partial charge on any atom is 0.266 e. The van der Waals surface area contributed by atoms with Crippen LogP contribution >= 0.6 is 0 Å². The van der Waals surface area contributed by atoms with E-state index in [1.54, 1.807) is 32.4 Å². The number of ether oxygens (including phenoxy) is 3. The normalized spacial score (nSPS) is 10.5. The molecule has 0 aliphatic heterocycles. The first-order valence-electron chi connectivity index (χ1n) is 10.2. The number of amides is 1. The van der Waals surface area contributed by atoms with E-state index in [1.807, 2.05) is 38.1 Å². The molecule has 0 spiro atoms. The number of methoxy groups -OCH3 is 2. The zero-order valence-corrected chi connectivity index (χ0v) is 18.7. The van der Waals surface area contributed by atoms with Gasteiger partial charge in [-0.2, -0.15) is 5.10 Å². The molecule has 0 radical (unpaired) electrons. The Hall–Kier alpha value is -3.81. The Balaban J connectivity index is 1.60. The Bertz CT molecular complexity index is 1160. The number of hydrogen-bond donors (Lipinski definition) is 1. The van der Waals surface area contributed by atoms with Crippen LogP contribution in [0.5, 0.6) is 17.2 Å². The Morgan fingerprint density at radius 2 is 1.78 bits per heavy atom. The molecule has 0 aliphatic rings. The molecule has 1 amide bonds. The molecule has 3 rings (SSSR count). The third-order valence-corrected chi connectivity index (χ3v) is 5.11. The number of carbonyl (C=O) groups is 1. The zero-order valence-electron chi connectivity index (χ0n) is 18.7. The third-order valence-electron chi connectivity index (χ3n) is 5.11. The predicted molar refractivity (Wildman–Crippen MR) is 121 cm³/mol. The fourth-order valence-corrected chi connectivity index (χ4v) is 3.13. The van der Waals surface area contributed by atoms with E-state index < -0.39 is 0 Å². The minimum Gasteiger partial charge on any atom is -0.493 e. The van der Waals surface area contributed by atoms with Gasteiger partial charge in [0.25, 0.3) is 11.5 Å². The summed E-state index contributed by atoms with van der Waals surface area (Å²) in [6.45, 7) is 4.32. The molecule has 32 heavy (non-hydrogen) atoms. The Morgan fingerprint density at radius 3 is 2.53 bits per heavy atom. The van der Waals surface area contributed by atoms with Gasteiger partial charge in [0.2, 0.25) is 0 Å². The van der Waals surface area contributed by atoms with E-state index in [4.69, 9.17) is 14.2 Å². The molecule has 0 unspecified atom stereocenters. The van der Waals surface area contributed by atoms with Crippen molar-refractivity contribution in [3.8, 4) is 28.5 Å². The summed E-state index contributed by atoms with van der Waals surface area (Å²) < 4.78 is 17.5. The second-order valence-electron chi connectivity index (χ2n) is 7.19. The van der Waals surface area contributed by atoms with Crippen LogP contribution < -0.4 is 25.1 Å². The van der Waals surface area contributed by atoms with E-state index in [9.17, 15) is 9.59 Å². The van der Waals surface area contributed by atoms with Gasteiger partial charge in [0.1, 0.15) is 5.75 Å². The largest absolute Gasteiger partial charge is 0.493 e. The van der Waals surface area contributed by atoms with Gasteiger partial charge in [-0.1, -0.05) is 12.1 Å². The molecule has 2 aromatic carbocycles. The number of nitrogens with one attached hydrogen (secondary N) is 1. The summed E-state index contributed by atoms with van der Waals surface area (Å²) in [5.41, 5.74) is 3.23. The minimum atomic E-state index is -0.269. The van der Waals surface area contributed by atoms with Crippen LogP contribution in [-0.4, -0.2) is 43.1 Å². The fraction of sp³-hybridized carbons (Fsp3) is 0.292. The SMILES string of the molecule is COc1ccc(-c2ccc(=O)n(CCNC(=O)COc3cccc(C)c3C)n2)cc1OC. The number of aryl methyl sites for hydroxylation is 1. The zero-order chi connectivity index (χ0) is 23.1. The van der Waals surface area contributed by atoms with Crippen molar-refractivity contribution in [3.05, 3.63) is 70.0 Å². The topological polar surface area (TPSA) is 91.7 Å². The van der Waals surface area contributed by atoms with Crippen molar-refractivity contribution < 1.29 is 19.0 Å². The van der Waals surface area contributed by atoms with Crippen LogP contribution in [0.25, 0.3) is 11.3 Å². The standard InChI is InChI=1S/C24H27N3O5/c1-16-6-5-7-20(17(16)2)32-15-23(28)25-12-13-27-24(29)11-9-19(26-27)18-8-10-21(30-3)22(14-18)31-4/h5-11,14H,12-13,15H2,1-4H3,(H,25,28). The number of nitrogens with zero attached hydrogens (tertiary/aromatic N) is 2. The van der Waals surface area contributed by atoms with E-state index in [2.05, 4.69) is 10.4 Å². The number of carbonyl (C=O) groups excluding carboxylic acids is 1. The quantitative estimate of drug-likeness (QED) is 0.554. The van der Waals surface area contributed by atoms with Gasteiger partial charge in [-0.3, -0.25) is 9.59 Å². The molecular formula is C24H27N3O5. The summed E-state index contributed by atoms with van der Waals surface area (Å²) in [4.78, 5) is 24.3. The molecule has 1 N–H and O–H groups in total. The highest BCUT2D eigenvalue weighted by Crippen LogP contribution is 2.31. The molecule has 0 saturated carbocycles. The maximum atomic E-state index is 12.2. The lowest BCUT2D eigenvalue weighted by Gasteiger charge is -2.12. The molecular weight excluding hydrogens is 410 g/mol. The van der Waals surface area contributed by atoms with Gasteiger partial charge in [-0.25, -0.2) is 4.68 Å². The summed E-state index contributed by atoms with van der Waals surface area (Å²) in [5.74, 6) is 1.59. The van der Waals surface area contributed by atoms with Crippen LogP contribution in [0, 0.1) is 13.8 Å². The fourth-order valence-electron chi connectivity index (χ4n) is 3.13. The lowest BCUT2D eigenvalue weighted by atomic mass is 10.1. The van der Waals surface area contributed by atoms with E-state index in [-0.39, 0.29) is 31.2 Å². The molecule has 168 valence electrons. The number of aromatic nitrogens is 2. The molecule has 1 aromatic heterocycles. The van der Waals surface area contributed by atoms with Gasteiger partial charge < -0.3 is 19.5 Å². The summed E-state index contributed by atoms with van der Waals surface area (Å²) >= 11 is 0. The van der Waals surface area contributed by atoms with Crippen LogP contribution in [0.15, 0.2) is 53.3 Å². The Morgan fingerprint density at radius 1 is 1.00 bits per heavy atom. The van der Waals surface area contributed by atoms with Crippen molar-refractivity contribution in [3.63, 3.8) is 0 Å². The first kappa shape index (κ1) is 22.9. The van der Waals surface area contributed by atoms with Crippen molar-refractivity contribution in [2.75, 3.05) is 27.4 Å². The smallest absolute Gasteiger partial charge is 0.266 e. The highest BCUT2D eigenvalue weighted by molar-refractivity contribution is 5.77. The van der Waals surface area contributed by atoms with Crippen molar-refractivity contribution in [1.82, 2.24) is 15.1 Å². The number of benzene rings is 2. The lowest BCUT2D eigenvalue weighted by molar-refractivity contribution is -0.123. The van der Waals surface area contributed by atoms with Gasteiger partial charge in [0.15, 0.2) is 18.1 Å². The van der Waals surface area contributed by atoms with Gasteiger partial charge >= 0.3 is 0 Å². The van der Waals surface area contributed by atoms with E-state index in [1.165, 1.54) is 10.7 Å². The van der Waals surface area contributed by atoms with Crippen LogP contribution in [-0.2, 0) is 11.3 Å². The van der Waals surface area contributed by atoms with E-state index in [0.29, 0.717) is 22.9 Å². The van der Waals surface area contributed by atoms with Gasteiger partial charge in [-0.15, -0.1) is 0 Å². The predicted octanol–water partition coefficient (Wildman–Crippen LogP) is 2.74. The molecule has 3 aromatic rings. The van der Waals surface area contributed by atoms with Crippen molar-refractivity contribution in [2.24, 2.45) is 0 Å². The van der Waals surface area contributed by atoms with Crippen molar-refractivity contribution in [2.45, 2.75) is 20.4 Å².